The highest BCUT2D eigenvalue weighted by atomic mass is 16.5. The Morgan fingerprint density at radius 3 is 2.96 bits per heavy atom. The zero-order valence-corrected chi connectivity index (χ0v) is 14.5. The van der Waals surface area contributed by atoms with Gasteiger partial charge in [-0.1, -0.05) is 6.07 Å². The maximum Gasteiger partial charge on any atom is 0.226 e. The summed E-state index contributed by atoms with van der Waals surface area (Å²) in [5.41, 5.74) is 3.39. The molecule has 2 heterocycles. The number of aromatic nitrogens is 3. The lowest BCUT2D eigenvalue weighted by molar-refractivity contribution is -0.116. The number of hydrogen-bond acceptors (Lipinski definition) is 5. The van der Waals surface area contributed by atoms with E-state index in [2.05, 4.69) is 20.6 Å². The molecule has 3 rings (SSSR count). The van der Waals surface area contributed by atoms with Crippen LogP contribution in [0.15, 0.2) is 36.8 Å². The molecule has 7 nitrogen and oxygen atoms in total. The zero-order chi connectivity index (χ0) is 17.8. The molecule has 0 unspecified atom stereocenters. The monoisotopic (exact) mass is 339 g/mol. The highest BCUT2D eigenvalue weighted by molar-refractivity contribution is 5.92. The van der Waals surface area contributed by atoms with Gasteiger partial charge >= 0.3 is 0 Å². The van der Waals surface area contributed by atoms with Gasteiger partial charge in [-0.15, -0.1) is 0 Å². The molecule has 7 heteroatoms. The molecule has 130 valence electrons. The molecule has 0 aliphatic heterocycles. The fourth-order valence-corrected chi connectivity index (χ4v) is 2.66. The van der Waals surface area contributed by atoms with Crippen LogP contribution in [0.3, 0.4) is 0 Å². The number of rotatable bonds is 6. The molecule has 0 saturated heterocycles. The average molecular weight is 339 g/mol. The average Bonchev–Trinajstić information content (AvgIpc) is 2.91. The van der Waals surface area contributed by atoms with Crippen molar-refractivity contribution >= 4 is 23.1 Å². The Kier molecular flexibility index (Phi) is 4.83. The van der Waals surface area contributed by atoms with Crippen LogP contribution in [0.2, 0.25) is 0 Å². The fourth-order valence-electron chi connectivity index (χ4n) is 2.66. The van der Waals surface area contributed by atoms with Gasteiger partial charge in [-0.2, -0.15) is 0 Å². The number of hydrogen-bond donors (Lipinski definition) is 2. The van der Waals surface area contributed by atoms with Gasteiger partial charge in [-0.25, -0.2) is 4.98 Å². The number of nitrogens with zero attached hydrogens (tertiary/aromatic N) is 3. The van der Waals surface area contributed by atoms with Gasteiger partial charge in [0.05, 0.1) is 24.7 Å². The van der Waals surface area contributed by atoms with Gasteiger partial charge in [0.1, 0.15) is 11.6 Å². The number of methoxy groups -OCH3 is 1. The molecule has 0 fully saturated rings. The van der Waals surface area contributed by atoms with Gasteiger partial charge in [0, 0.05) is 25.4 Å². The molecule has 25 heavy (non-hydrogen) atoms. The molecule has 1 amide bonds. The predicted molar refractivity (Wildman–Crippen MR) is 97.2 cm³/mol. The summed E-state index contributed by atoms with van der Waals surface area (Å²) in [4.78, 5) is 20.7. The van der Waals surface area contributed by atoms with E-state index in [1.54, 1.807) is 19.5 Å². The highest BCUT2D eigenvalue weighted by Gasteiger charge is 2.10. The van der Waals surface area contributed by atoms with E-state index in [0.717, 1.165) is 22.7 Å². The summed E-state index contributed by atoms with van der Waals surface area (Å²) in [6.45, 7) is 4.39. The van der Waals surface area contributed by atoms with E-state index in [1.165, 1.54) is 0 Å². The Bertz CT molecular complexity index is 904. The zero-order valence-electron chi connectivity index (χ0n) is 14.5. The molecule has 0 bridgehead atoms. The van der Waals surface area contributed by atoms with Crippen molar-refractivity contribution in [3.63, 3.8) is 0 Å². The molecule has 0 saturated carbocycles. The third-order valence-corrected chi connectivity index (χ3v) is 3.88. The Hall–Kier alpha value is -3.09. The Balaban J connectivity index is 1.61. The number of carbonyl (C=O) groups is 1. The predicted octanol–water partition coefficient (Wildman–Crippen LogP) is 2.80. The number of amides is 1. The van der Waals surface area contributed by atoms with Gasteiger partial charge in [0.15, 0.2) is 5.65 Å². The number of aryl methyl sites for hydroxylation is 2. The standard InChI is InChI=1S/C18H21N5O2/c1-12-4-5-15(25-3)14(10-12)22-17(24)6-7-20-18-13(2)21-16-11-19-8-9-23(16)18/h4-5,8-11,20H,6-7H2,1-3H3,(H,22,24). The normalized spacial score (nSPS) is 10.7. The first-order valence-corrected chi connectivity index (χ1v) is 8.05. The number of fused-ring (bicyclic) bond motifs is 1. The smallest absolute Gasteiger partial charge is 0.226 e. The van der Waals surface area contributed by atoms with Crippen LogP contribution in [0.4, 0.5) is 11.5 Å². The van der Waals surface area contributed by atoms with Crippen molar-refractivity contribution in [2.75, 3.05) is 24.3 Å². The van der Waals surface area contributed by atoms with Crippen molar-refractivity contribution in [1.82, 2.24) is 14.4 Å². The van der Waals surface area contributed by atoms with Crippen molar-refractivity contribution in [3.05, 3.63) is 48.0 Å². The third-order valence-electron chi connectivity index (χ3n) is 3.88. The van der Waals surface area contributed by atoms with Crippen molar-refractivity contribution in [3.8, 4) is 5.75 Å². The number of anilines is 2. The highest BCUT2D eigenvalue weighted by Crippen LogP contribution is 2.25. The molecule has 0 aliphatic carbocycles. The first-order valence-electron chi connectivity index (χ1n) is 8.05. The summed E-state index contributed by atoms with van der Waals surface area (Å²) in [6, 6.07) is 5.68. The van der Waals surface area contributed by atoms with Crippen LogP contribution in [0.5, 0.6) is 5.75 Å². The Morgan fingerprint density at radius 2 is 2.16 bits per heavy atom. The molecule has 0 radical (unpaired) electrons. The first-order chi connectivity index (χ1) is 12.1. The second kappa shape index (κ2) is 7.21. The fraction of sp³-hybridized carbons (Fsp3) is 0.278. The molecular weight excluding hydrogens is 318 g/mol. The molecule has 3 aromatic rings. The number of imidazole rings is 1. The minimum atomic E-state index is -0.0791. The van der Waals surface area contributed by atoms with Crippen LogP contribution in [0.1, 0.15) is 17.7 Å². The van der Waals surface area contributed by atoms with Crippen LogP contribution in [0.25, 0.3) is 5.65 Å². The van der Waals surface area contributed by atoms with E-state index in [4.69, 9.17) is 4.74 Å². The van der Waals surface area contributed by atoms with Crippen molar-refractivity contribution < 1.29 is 9.53 Å². The lowest BCUT2D eigenvalue weighted by atomic mass is 10.2. The minimum absolute atomic E-state index is 0.0791. The number of carbonyl (C=O) groups excluding carboxylic acids is 1. The molecular formula is C18H21N5O2. The topological polar surface area (TPSA) is 80.5 Å². The van der Waals surface area contributed by atoms with Crippen LogP contribution >= 0.6 is 0 Å². The second-order valence-corrected chi connectivity index (χ2v) is 5.78. The van der Waals surface area contributed by atoms with E-state index in [-0.39, 0.29) is 5.91 Å². The molecule has 2 aromatic heterocycles. The van der Waals surface area contributed by atoms with Crippen LogP contribution in [0, 0.1) is 13.8 Å². The van der Waals surface area contributed by atoms with Crippen molar-refractivity contribution in [2.24, 2.45) is 0 Å². The summed E-state index contributed by atoms with van der Waals surface area (Å²) in [6.07, 6.45) is 5.58. The molecule has 0 atom stereocenters. The van der Waals surface area contributed by atoms with Crippen LogP contribution in [-0.2, 0) is 4.79 Å². The van der Waals surface area contributed by atoms with E-state index in [1.807, 2.05) is 42.6 Å². The maximum absolute atomic E-state index is 12.2. The van der Waals surface area contributed by atoms with Crippen LogP contribution < -0.4 is 15.4 Å². The number of benzene rings is 1. The molecule has 0 aliphatic rings. The third kappa shape index (κ3) is 3.71. The van der Waals surface area contributed by atoms with Crippen molar-refractivity contribution in [1.29, 1.82) is 0 Å². The summed E-state index contributed by atoms with van der Waals surface area (Å²) >= 11 is 0. The number of ether oxygens (including phenoxy) is 1. The van der Waals surface area contributed by atoms with Gasteiger partial charge in [-0.3, -0.25) is 14.2 Å². The Labute approximate surface area is 146 Å². The quantitative estimate of drug-likeness (QED) is 0.722. The lowest BCUT2D eigenvalue weighted by Crippen LogP contribution is -2.17. The summed E-state index contributed by atoms with van der Waals surface area (Å²) in [7, 11) is 1.59. The van der Waals surface area contributed by atoms with E-state index >= 15 is 0 Å². The van der Waals surface area contributed by atoms with E-state index in [0.29, 0.717) is 24.4 Å². The van der Waals surface area contributed by atoms with E-state index < -0.39 is 0 Å². The number of nitrogens with one attached hydrogen (secondary N) is 2. The summed E-state index contributed by atoms with van der Waals surface area (Å²) in [5, 5.41) is 6.17. The van der Waals surface area contributed by atoms with Gasteiger partial charge < -0.3 is 15.4 Å². The largest absolute Gasteiger partial charge is 0.495 e. The van der Waals surface area contributed by atoms with Crippen molar-refractivity contribution in [2.45, 2.75) is 20.3 Å². The Morgan fingerprint density at radius 1 is 1.32 bits per heavy atom. The second-order valence-electron chi connectivity index (χ2n) is 5.78. The molecule has 1 aromatic carbocycles. The van der Waals surface area contributed by atoms with E-state index in [9.17, 15) is 4.79 Å². The van der Waals surface area contributed by atoms with Gasteiger partial charge in [0.25, 0.3) is 0 Å². The van der Waals surface area contributed by atoms with Crippen LogP contribution in [-0.4, -0.2) is 33.9 Å². The maximum atomic E-state index is 12.2. The van der Waals surface area contributed by atoms with Gasteiger partial charge in [-0.05, 0) is 31.5 Å². The minimum Gasteiger partial charge on any atom is -0.495 e. The summed E-state index contributed by atoms with van der Waals surface area (Å²) < 4.78 is 7.20. The molecule has 0 spiro atoms. The first kappa shape index (κ1) is 16.8. The summed E-state index contributed by atoms with van der Waals surface area (Å²) in [5.74, 6) is 1.44. The lowest BCUT2D eigenvalue weighted by Gasteiger charge is -2.11. The van der Waals surface area contributed by atoms with Gasteiger partial charge in [0.2, 0.25) is 5.91 Å². The SMILES string of the molecule is COc1ccc(C)cc1NC(=O)CCNc1c(C)nc2cnccn12. The molecule has 2 N–H and O–H groups in total.